The molecule has 0 saturated heterocycles. The molecule has 0 radical (unpaired) electrons. The zero-order valence-electron chi connectivity index (χ0n) is 10.8. The zero-order chi connectivity index (χ0) is 12.1. The number of carbonyl (C=O) groups excluding carboxylic acids is 1. The summed E-state index contributed by atoms with van der Waals surface area (Å²) < 4.78 is 5.06. The number of rotatable bonds is 6. The molecular formula is C12H24N2O2. The molecule has 0 aromatic carbocycles. The third-order valence-electron chi connectivity index (χ3n) is 3.01. The number of nitrogens with one attached hydrogen (secondary N) is 1. The average molecular weight is 228 g/mol. The minimum atomic E-state index is 0.0338. The highest BCUT2D eigenvalue weighted by Gasteiger charge is 2.34. The lowest BCUT2D eigenvalue weighted by molar-refractivity contribution is 0.126. The van der Waals surface area contributed by atoms with Crippen LogP contribution in [0.15, 0.2) is 0 Å². The lowest BCUT2D eigenvalue weighted by Crippen LogP contribution is -2.49. The van der Waals surface area contributed by atoms with Gasteiger partial charge in [-0.25, -0.2) is 4.79 Å². The van der Waals surface area contributed by atoms with Crippen molar-refractivity contribution in [3.63, 3.8) is 0 Å². The Kier molecular flexibility index (Phi) is 5.06. The minimum absolute atomic E-state index is 0.0338. The highest BCUT2D eigenvalue weighted by molar-refractivity contribution is 5.74. The van der Waals surface area contributed by atoms with E-state index >= 15 is 0 Å². The molecule has 1 unspecified atom stereocenters. The topological polar surface area (TPSA) is 41.6 Å². The fourth-order valence-corrected chi connectivity index (χ4v) is 1.84. The van der Waals surface area contributed by atoms with E-state index in [1.165, 1.54) is 12.8 Å². The maximum absolute atomic E-state index is 12.0. The van der Waals surface area contributed by atoms with Crippen LogP contribution in [0.4, 0.5) is 4.79 Å². The van der Waals surface area contributed by atoms with Crippen LogP contribution in [0.3, 0.4) is 0 Å². The van der Waals surface area contributed by atoms with Gasteiger partial charge in [-0.2, -0.15) is 0 Å². The van der Waals surface area contributed by atoms with Crippen LogP contribution in [0, 0.1) is 5.92 Å². The molecule has 0 spiro atoms. The van der Waals surface area contributed by atoms with Crippen molar-refractivity contribution >= 4 is 6.03 Å². The molecule has 2 amide bonds. The number of hydrogen-bond donors (Lipinski definition) is 1. The first-order chi connectivity index (χ1) is 7.56. The third-order valence-corrected chi connectivity index (χ3v) is 3.01. The Morgan fingerprint density at radius 3 is 2.50 bits per heavy atom. The lowest BCUT2D eigenvalue weighted by Gasteiger charge is -2.30. The van der Waals surface area contributed by atoms with Crippen molar-refractivity contribution in [1.82, 2.24) is 10.2 Å². The largest absolute Gasteiger partial charge is 0.383 e. The van der Waals surface area contributed by atoms with Crippen molar-refractivity contribution in [1.29, 1.82) is 0 Å². The van der Waals surface area contributed by atoms with Gasteiger partial charge in [0, 0.05) is 25.7 Å². The van der Waals surface area contributed by atoms with E-state index in [4.69, 9.17) is 4.74 Å². The molecule has 1 N–H and O–H groups in total. The van der Waals surface area contributed by atoms with Crippen molar-refractivity contribution in [3.8, 4) is 0 Å². The van der Waals surface area contributed by atoms with Crippen molar-refractivity contribution in [3.05, 3.63) is 0 Å². The fourth-order valence-electron chi connectivity index (χ4n) is 1.84. The first-order valence-electron chi connectivity index (χ1n) is 6.12. The number of nitrogens with zero attached hydrogens (tertiary/aromatic N) is 1. The molecule has 94 valence electrons. The van der Waals surface area contributed by atoms with Crippen LogP contribution in [0.25, 0.3) is 0 Å². The highest BCUT2D eigenvalue weighted by Crippen LogP contribution is 2.35. The van der Waals surface area contributed by atoms with E-state index in [-0.39, 0.29) is 12.1 Å². The predicted octanol–water partition coefficient (Wildman–Crippen LogP) is 1.85. The molecule has 4 nitrogen and oxygen atoms in total. The number of amides is 2. The number of urea groups is 1. The third kappa shape index (κ3) is 4.00. The van der Waals surface area contributed by atoms with Gasteiger partial charge in [0.25, 0.3) is 0 Å². The van der Waals surface area contributed by atoms with Crippen molar-refractivity contribution in [2.75, 3.05) is 20.3 Å². The van der Waals surface area contributed by atoms with Crippen LogP contribution in [0.5, 0.6) is 0 Å². The molecule has 1 saturated carbocycles. The summed E-state index contributed by atoms with van der Waals surface area (Å²) >= 11 is 0. The van der Waals surface area contributed by atoms with Crippen LogP contribution in [-0.4, -0.2) is 43.3 Å². The van der Waals surface area contributed by atoms with Crippen LogP contribution in [0.1, 0.15) is 33.6 Å². The SMILES string of the molecule is COCCN(C(=O)NC(C)C)C(C)C1CC1. The van der Waals surface area contributed by atoms with Crippen LogP contribution >= 0.6 is 0 Å². The molecule has 1 fully saturated rings. The lowest BCUT2D eigenvalue weighted by atomic mass is 10.2. The first-order valence-corrected chi connectivity index (χ1v) is 6.12. The van der Waals surface area contributed by atoms with E-state index in [0.29, 0.717) is 25.1 Å². The summed E-state index contributed by atoms with van der Waals surface area (Å²) in [6.07, 6.45) is 2.50. The van der Waals surface area contributed by atoms with Crippen molar-refractivity contribution in [2.45, 2.75) is 45.7 Å². The van der Waals surface area contributed by atoms with Gasteiger partial charge in [-0.3, -0.25) is 0 Å². The Morgan fingerprint density at radius 2 is 2.06 bits per heavy atom. The van der Waals surface area contributed by atoms with Gasteiger partial charge in [0.2, 0.25) is 0 Å². The normalized spacial score (nSPS) is 17.3. The molecule has 0 aromatic heterocycles. The number of methoxy groups -OCH3 is 1. The van der Waals surface area contributed by atoms with Gasteiger partial charge in [-0.05, 0) is 39.5 Å². The molecule has 0 aliphatic heterocycles. The molecule has 0 bridgehead atoms. The average Bonchev–Trinajstić information content (AvgIpc) is 2.99. The van der Waals surface area contributed by atoms with E-state index in [2.05, 4.69) is 12.2 Å². The first kappa shape index (κ1) is 13.3. The fraction of sp³-hybridized carbons (Fsp3) is 0.917. The summed E-state index contributed by atoms with van der Waals surface area (Å²) in [6, 6.07) is 0.546. The summed E-state index contributed by atoms with van der Waals surface area (Å²) in [5, 5.41) is 2.95. The van der Waals surface area contributed by atoms with Crippen molar-refractivity contribution < 1.29 is 9.53 Å². The molecular weight excluding hydrogens is 204 g/mol. The van der Waals surface area contributed by atoms with E-state index in [1.54, 1.807) is 7.11 Å². The number of carbonyl (C=O) groups is 1. The molecule has 1 atom stereocenters. The summed E-state index contributed by atoms with van der Waals surface area (Å²) in [5.41, 5.74) is 0. The molecule has 4 heteroatoms. The van der Waals surface area contributed by atoms with Gasteiger partial charge in [0.15, 0.2) is 0 Å². The molecule has 0 aromatic rings. The van der Waals surface area contributed by atoms with Gasteiger partial charge < -0.3 is 15.0 Å². The predicted molar refractivity (Wildman–Crippen MR) is 64.4 cm³/mol. The van der Waals surface area contributed by atoms with Crippen molar-refractivity contribution in [2.24, 2.45) is 5.92 Å². The summed E-state index contributed by atoms with van der Waals surface area (Å²) in [7, 11) is 1.67. The Balaban J connectivity index is 2.50. The quantitative estimate of drug-likeness (QED) is 0.754. The maximum atomic E-state index is 12.0. The van der Waals surface area contributed by atoms with E-state index in [9.17, 15) is 4.79 Å². The van der Waals surface area contributed by atoms with Gasteiger partial charge in [0.05, 0.1) is 6.61 Å². The summed E-state index contributed by atoms with van der Waals surface area (Å²) in [6.45, 7) is 7.37. The minimum Gasteiger partial charge on any atom is -0.383 e. The molecule has 16 heavy (non-hydrogen) atoms. The molecule has 1 aliphatic rings. The number of ether oxygens (including phenoxy) is 1. The standard InChI is InChI=1S/C12H24N2O2/c1-9(2)13-12(15)14(7-8-16-4)10(3)11-5-6-11/h9-11H,5-8H2,1-4H3,(H,13,15). The smallest absolute Gasteiger partial charge is 0.317 e. The maximum Gasteiger partial charge on any atom is 0.317 e. The molecule has 1 rings (SSSR count). The number of hydrogen-bond acceptors (Lipinski definition) is 2. The van der Waals surface area contributed by atoms with Crippen LogP contribution in [0.2, 0.25) is 0 Å². The molecule has 0 heterocycles. The van der Waals surface area contributed by atoms with E-state index in [0.717, 1.165) is 0 Å². The Morgan fingerprint density at radius 1 is 1.44 bits per heavy atom. The zero-order valence-corrected chi connectivity index (χ0v) is 10.8. The Labute approximate surface area is 98.3 Å². The summed E-state index contributed by atoms with van der Waals surface area (Å²) in [5.74, 6) is 0.690. The summed E-state index contributed by atoms with van der Waals surface area (Å²) in [4.78, 5) is 13.9. The molecule has 1 aliphatic carbocycles. The second kappa shape index (κ2) is 6.09. The monoisotopic (exact) mass is 228 g/mol. The van der Waals surface area contributed by atoms with E-state index in [1.807, 2.05) is 18.7 Å². The Bertz CT molecular complexity index is 227. The van der Waals surface area contributed by atoms with Crippen LogP contribution in [-0.2, 0) is 4.74 Å². The van der Waals surface area contributed by atoms with Gasteiger partial charge >= 0.3 is 6.03 Å². The van der Waals surface area contributed by atoms with Gasteiger partial charge in [0.1, 0.15) is 0 Å². The van der Waals surface area contributed by atoms with E-state index < -0.39 is 0 Å². The Hall–Kier alpha value is -0.770. The second-order valence-corrected chi connectivity index (χ2v) is 4.87. The van der Waals surface area contributed by atoms with Crippen LogP contribution < -0.4 is 5.32 Å². The van der Waals surface area contributed by atoms with Gasteiger partial charge in [-0.15, -0.1) is 0 Å². The second-order valence-electron chi connectivity index (χ2n) is 4.87. The highest BCUT2D eigenvalue weighted by atomic mass is 16.5. The van der Waals surface area contributed by atoms with Gasteiger partial charge in [-0.1, -0.05) is 0 Å².